The van der Waals surface area contributed by atoms with Gasteiger partial charge in [0, 0.05) is 22.5 Å². The van der Waals surface area contributed by atoms with Crippen molar-refractivity contribution in [3.8, 4) is 5.69 Å². The second kappa shape index (κ2) is 7.63. The maximum atomic E-state index is 13.2. The molecule has 0 saturated carbocycles. The summed E-state index contributed by atoms with van der Waals surface area (Å²) in [4.78, 5) is 26.1. The Bertz CT molecular complexity index is 1290. The zero-order chi connectivity index (χ0) is 21.4. The summed E-state index contributed by atoms with van der Waals surface area (Å²) in [7, 11) is 0. The Balaban J connectivity index is 1.76. The number of aryl methyl sites for hydroxylation is 3. The quantitative estimate of drug-likeness (QED) is 0.555. The van der Waals surface area contributed by atoms with Crippen molar-refractivity contribution in [2.75, 3.05) is 5.32 Å². The van der Waals surface area contributed by atoms with Crippen LogP contribution in [0, 0.1) is 20.8 Å². The molecular formula is C24H24N4O2. The number of hydrogen-bond donors (Lipinski definition) is 1. The van der Waals surface area contributed by atoms with E-state index in [2.05, 4.69) is 10.4 Å². The molecule has 1 N–H and O–H groups in total. The van der Waals surface area contributed by atoms with Gasteiger partial charge >= 0.3 is 0 Å². The third-order valence-corrected chi connectivity index (χ3v) is 5.54. The van der Waals surface area contributed by atoms with Gasteiger partial charge in [-0.1, -0.05) is 35.9 Å². The Labute approximate surface area is 174 Å². The van der Waals surface area contributed by atoms with E-state index >= 15 is 0 Å². The fourth-order valence-corrected chi connectivity index (χ4v) is 3.91. The molecule has 152 valence electrons. The molecule has 0 aliphatic carbocycles. The predicted octanol–water partition coefficient (Wildman–Crippen LogP) is 4.31. The number of benzene rings is 2. The summed E-state index contributed by atoms with van der Waals surface area (Å²) in [5.74, 6) is -0.137. The number of anilines is 1. The summed E-state index contributed by atoms with van der Waals surface area (Å²) >= 11 is 0. The van der Waals surface area contributed by atoms with Crippen molar-refractivity contribution in [3.05, 3.63) is 88.1 Å². The van der Waals surface area contributed by atoms with Crippen molar-refractivity contribution in [1.82, 2.24) is 14.3 Å². The molecule has 1 amide bonds. The van der Waals surface area contributed by atoms with Gasteiger partial charge < -0.3 is 9.88 Å². The first-order valence-electron chi connectivity index (χ1n) is 9.91. The molecule has 1 atom stereocenters. The van der Waals surface area contributed by atoms with Crippen LogP contribution in [0.15, 0.2) is 65.6 Å². The van der Waals surface area contributed by atoms with Crippen LogP contribution in [0.5, 0.6) is 0 Å². The number of aromatic nitrogens is 3. The molecule has 4 rings (SSSR count). The van der Waals surface area contributed by atoms with E-state index in [0.29, 0.717) is 11.1 Å². The van der Waals surface area contributed by atoms with E-state index in [4.69, 9.17) is 0 Å². The highest BCUT2D eigenvalue weighted by atomic mass is 16.2. The highest BCUT2D eigenvalue weighted by Gasteiger charge is 2.23. The number of fused-ring (bicyclic) bond motifs is 1. The second-order valence-electron chi connectivity index (χ2n) is 7.56. The van der Waals surface area contributed by atoms with Gasteiger partial charge in [0.25, 0.3) is 5.56 Å². The monoisotopic (exact) mass is 400 g/mol. The van der Waals surface area contributed by atoms with Crippen molar-refractivity contribution in [1.29, 1.82) is 0 Å². The van der Waals surface area contributed by atoms with Crippen molar-refractivity contribution in [2.45, 2.75) is 33.7 Å². The average molecular weight is 400 g/mol. The average Bonchev–Trinajstić information content (AvgIpc) is 3.00. The molecule has 0 aliphatic rings. The minimum absolute atomic E-state index is 0.137. The molecule has 0 saturated heterocycles. The van der Waals surface area contributed by atoms with Crippen LogP contribution in [0.1, 0.15) is 29.9 Å². The Hall–Kier alpha value is -3.67. The first kappa shape index (κ1) is 19.6. The Kier molecular flexibility index (Phi) is 4.99. The van der Waals surface area contributed by atoms with Gasteiger partial charge in [0.15, 0.2) is 0 Å². The van der Waals surface area contributed by atoms with Crippen LogP contribution in [0.4, 0.5) is 5.69 Å². The summed E-state index contributed by atoms with van der Waals surface area (Å²) in [6.07, 6.45) is 1.70. The highest BCUT2D eigenvalue weighted by molar-refractivity contribution is 5.95. The molecule has 6 nitrogen and oxygen atoms in total. The van der Waals surface area contributed by atoms with Crippen LogP contribution in [-0.4, -0.2) is 20.3 Å². The van der Waals surface area contributed by atoms with Gasteiger partial charge in [-0.25, -0.2) is 0 Å². The maximum absolute atomic E-state index is 13.2. The Morgan fingerprint density at radius 3 is 2.30 bits per heavy atom. The normalized spacial score (nSPS) is 12.1. The molecule has 0 unspecified atom stereocenters. The number of amides is 1. The topological polar surface area (TPSA) is 68.9 Å². The van der Waals surface area contributed by atoms with E-state index in [9.17, 15) is 9.59 Å². The number of rotatable bonds is 4. The summed E-state index contributed by atoms with van der Waals surface area (Å²) in [6, 6.07) is 16.5. The predicted molar refractivity (Wildman–Crippen MR) is 119 cm³/mol. The van der Waals surface area contributed by atoms with Crippen molar-refractivity contribution >= 4 is 22.4 Å². The smallest absolute Gasteiger partial charge is 0.281 e. The third kappa shape index (κ3) is 3.30. The number of para-hydroxylation sites is 1. The molecule has 0 radical (unpaired) electrons. The lowest BCUT2D eigenvalue weighted by molar-refractivity contribution is -0.118. The van der Waals surface area contributed by atoms with Crippen LogP contribution in [0.25, 0.3) is 16.5 Å². The fraction of sp³-hybridized carbons (Fsp3) is 0.208. The number of nitrogens with one attached hydrogen (secondary N) is 1. The molecule has 0 aliphatic heterocycles. The largest absolute Gasteiger partial charge is 0.336 e. The second-order valence-corrected chi connectivity index (χ2v) is 7.56. The number of carbonyl (C=O) groups excluding carboxylic acids is 1. The van der Waals surface area contributed by atoms with Gasteiger partial charge in [-0.3, -0.25) is 9.59 Å². The molecule has 0 bridgehead atoms. The van der Waals surface area contributed by atoms with Crippen LogP contribution in [0.2, 0.25) is 0 Å². The minimum Gasteiger partial charge on any atom is -0.336 e. The lowest BCUT2D eigenvalue weighted by Crippen LogP contribution is -2.25. The SMILES string of the molecule is Cc1ccc(NC(=O)[C@H](C)n2c(C)c3cnn(-c4ccccc4)c(=O)c3c2C)cc1. The maximum Gasteiger partial charge on any atom is 0.281 e. The first-order chi connectivity index (χ1) is 14.4. The third-order valence-electron chi connectivity index (χ3n) is 5.54. The lowest BCUT2D eigenvalue weighted by Gasteiger charge is -2.18. The summed E-state index contributed by atoms with van der Waals surface area (Å²) in [6.45, 7) is 7.63. The molecular weight excluding hydrogens is 376 g/mol. The van der Waals surface area contributed by atoms with E-state index in [1.54, 1.807) is 6.20 Å². The van der Waals surface area contributed by atoms with Gasteiger partial charge in [0.2, 0.25) is 5.91 Å². The molecule has 30 heavy (non-hydrogen) atoms. The van der Waals surface area contributed by atoms with E-state index in [-0.39, 0.29) is 11.5 Å². The van der Waals surface area contributed by atoms with Crippen LogP contribution in [-0.2, 0) is 4.79 Å². The van der Waals surface area contributed by atoms with Gasteiger partial charge in [-0.15, -0.1) is 0 Å². The molecule has 6 heteroatoms. The number of nitrogens with zero attached hydrogens (tertiary/aromatic N) is 3. The standard InChI is InChI=1S/C24H24N4O2/c1-15-10-12-19(13-11-15)26-23(29)18(4)27-16(2)21-14-25-28(20-8-6-5-7-9-20)24(30)22(21)17(27)3/h5-14,18H,1-4H3,(H,26,29)/t18-/m0/s1. The van der Waals surface area contributed by atoms with E-state index in [1.165, 1.54) is 4.68 Å². The molecule has 2 heterocycles. The van der Waals surface area contributed by atoms with Gasteiger partial charge in [-0.2, -0.15) is 9.78 Å². The molecule has 0 fully saturated rings. The fourth-order valence-electron chi connectivity index (χ4n) is 3.91. The molecule has 2 aromatic carbocycles. The zero-order valence-electron chi connectivity index (χ0n) is 17.5. The summed E-state index contributed by atoms with van der Waals surface area (Å²) < 4.78 is 3.31. The summed E-state index contributed by atoms with van der Waals surface area (Å²) in [5.41, 5.74) is 4.00. The van der Waals surface area contributed by atoms with Gasteiger partial charge in [-0.05, 0) is 52.0 Å². The Morgan fingerprint density at radius 2 is 1.63 bits per heavy atom. The van der Waals surface area contributed by atoms with Crippen molar-refractivity contribution < 1.29 is 4.79 Å². The first-order valence-corrected chi connectivity index (χ1v) is 9.91. The zero-order valence-corrected chi connectivity index (χ0v) is 17.5. The Morgan fingerprint density at radius 1 is 0.967 bits per heavy atom. The molecule has 2 aromatic heterocycles. The minimum atomic E-state index is -0.483. The van der Waals surface area contributed by atoms with Crippen LogP contribution < -0.4 is 10.9 Å². The van der Waals surface area contributed by atoms with E-state index < -0.39 is 6.04 Å². The van der Waals surface area contributed by atoms with Gasteiger partial charge in [0.05, 0.1) is 17.3 Å². The van der Waals surface area contributed by atoms with E-state index in [1.807, 2.05) is 86.9 Å². The van der Waals surface area contributed by atoms with Crippen molar-refractivity contribution in [3.63, 3.8) is 0 Å². The highest BCUT2D eigenvalue weighted by Crippen LogP contribution is 2.27. The molecule has 0 spiro atoms. The lowest BCUT2D eigenvalue weighted by atomic mass is 10.2. The molecule has 4 aromatic rings. The van der Waals surface area contributed by atoms with Crippen molar-refractivity contribution in [2.24, 2.45) is 0 Å². The van der Waals surface area contributed by atoms with Crippen LogP contribution in [0.3, 0.4) is 0 Å². The number of hydrogen-bond acceptors (Lipinski definition) is 3. The van der Waals surface area contributed by atoms with E-state index in [0.717, 1.165) is 28.0 Å². The summed E-state index contributed by atoms with van der Waals surface area (Å²) in [5, 5.41) is 8.67. The van der Waals surface area contributed by atoms with Crippen LogP contribution >= 0.6 is 0 Å². The van der Waals surface area contributed by atoms with Gasteiger partial charge in [0.1, 0.15) is 6.04 Å². The number of carbonyl (C=O) groups is 1.